The zero-order valence-electron chi connectivity index (χ0n) is 16.9. The second kappa shape index (κ2) is 8.47. The van der Waals surface area contributed by atoms with E-state index in [0.717, 1.165) is 23.4 Å². The highest BCUT2D eigenvalue weighted by atomic mass is 16.5. The smallest absolute Gasteiger partial charge is 0.260 e. The number of amides is 1. The van der Waals surface area contributed by atoms with E-state index in [-0.39, 0.29) is 18.6 Å². The van der Waals surface area contributed by atoms with Gasteiger partial charge in [-0.15, -0.1) is 5.10 Å². The fraction of sp³-hybridized carbons (Fsp3) is 0.348. The molecule has 0 bridgehead atoms. The molecular formula is C23H26N4O2. The standard InChI is InChI=1S/C23H26N4O2/c1-17(2)18-8-10-21(11-9-18)29-16-23(28)26-13-12-20(14-26)27-15-22(24-25-27)19-6-4-3-5-7-19/h3-11,15,17,20H,12-14,16H2,1-2H3. The van der Waals surface area contributed by atoms with Crippen LogP contribution in [0.5, 0.6) is 5.75 Å². The summed E-state index contributed by atoms with van der Waals surface area (Å²) in [5.41, 5.74) is 3.15. The van der Waals surface area contributed by atoms with Crippen molar-refractivity contribution < 1.29 is 9.53 Å². The number of aromatic nitrogens is 3. The maximum absolute atomic E-state index is 12.6. The third-order valence-corrected chi connectivity index (χ3v) is 5.38. The lowest BCUT2D eigenvalue weighted by atomic mass is 10.0. The van der Waals surface area contributed by atoms with Crippen LogP contribution in [0.2, 0.25) is 0 Å². The number of hydrogen-bond donors (Lipinski definition) is 0. The van der Waals surface area contributed by atoms with Crippen LogP contribution in [-0.4, -0.2) is 45.5 Å². The number of ether oxygens (including phenoxy) is 1. The predicted octanol–water partition coefficient (Wildman–Crippen LogP) is 3.92. The molecule has 6 heteroatoms. The third-order valence-electron chi connectivity index (χ3n) is 5.38. The van der Waals surface area contributed by atoms with E-state index in [2.05, 4.69) is 24.2 Å². The molecule has 1 aliphatic rings. The molecule has 1 aliphatic heterocycles. The quantitative estimate of drug-likeness (QED) is 0.640. The van der Waals surface area contributed by atoms with Crippen LogP contribution in [0.15, 0.2) is 60.8 Å². The molecule has 1 unspecified atom stereocenters. The molecule has 0 radical (unpaired) electrons. The second-order valence-corrected chi connectivity index (χ2v) is 7.74. The third kappa shape index (κ3) is 4.47. The van der Waals surface area contributed by atoms with E-state index in [1.807, 2.05) is 70.4 Å². The molecule has 1 amide bonds. The van der Waals surface area contributed by atoms with Gasteiger partial charge in [-0.1, -0.05) is 61.5 Å². The SMILES string of the molecule is CC(C)c1ccc(OCC(=O)N2CCC(n3cc(-c4ccccc4)nn3)C2)cc1. The fourth-order valence-electron chi connectivity index (χ4n) is 3.57. The molecule has 4 rings (SSSR count). The molecule has 1 atom stereocenters. The van der Waals surface area contributed by atoms with Crippen LogP contribution in [0.3, 0.4) is 0 Å². The first-order chi connectivity index (χ1) is 14.1. The Bertz CT molecular complexity index is 951. The number of carbonyl (C=O) groups is 1. The van der Waals surface area contributed by atoms with Crippen LogP contribution in [0, 0.1) is 0 Å². The minimum Gasteiger partial charge on any atom is -0.484 e. The van der Waals surface area contributed by atoms with Gasteiger partial charge in [-0.05, 0) is 30.0 Å². The molecule has 0 spiro atoms. The minimum atomic E-state index is 0.00355. The number of benzene rings is 2. The van der Waals surface area contributed by atoms with Crippen LogP contribution in [0.1, 0.15) is 37.8 Å². The first-order valence-electron chi connectivity index (χ1n) is 10.1. The van der Waals surface area contributed by atoms with Gasteiger partial charge in [0.1, 0.15) is 11.4 Å². The molecule has 0 saturated carbocycles. The molecule has 6 nitrogen and oxygen atoms in total. The molecule has 29 heavy (non-hydrogen) atoms. The van der Waals surface area contributed by atoms with Crippen molar-refractivity contribution in [2.24, 2.45) is 0 Å². The van der Waals surface area contributed by atoms with Crippen molar-refractivity contribution in [1.29, 1.82) is 0 Å². The summed E-state index contributed by atoms with van der Waals surface area (Å²) in [5.74, 6) is 1.21. The average molecular weight is 390 g/mol. The zero-order valence-corrected chi connectivity index (χ0v) is 16.9. The average Bonchev–Trinajstić information content (AvgIpc) is 3.43. The lowest BCUT2D eigenvalue weighted by Crippen LogP contribution is -2.33. The lowest BCUT2D eigenvalue weighted by molar-refractivity contribution is -0.132. The highest BCUT2D eigenvalue weighted by molar-refractivity contribution is 5.78. The largest absolute Gasteiger partial charge is 0.484 e. The summed E-state index contributed by atoms with van der Waals surface area (Å²) in [6, 6.07) is 18.1. The molecule has 150 valence electrons. The van der Waals surface area contributed by atoms with E-state index in [1.165, 1.54) is 5.56 Å². The molecular weight excluding hydrogens is 364 g/mol. The Morgan fingerprint density at radius 2 is 1.90 bits per heavy atom. The van der Waals surface area contributed by atoms with Crippen LogP contribution in [-0.2, 0) is 4.79 Å². The number of likely N-dealkylation sites (tertiary alicyclic amines) is 1. The van der Waals surface area contributed by atoms with Gasteiger partial charge in [-0.3, -0.25) is 4.79 Å². The van der Waals surface area contributed by atoms with Crippen molar-refractivity contribution in [1.82, 2.24) is 19.9 Å². The Morgan fingerprint density at radius 3 is 2.62 bits per heavy atom. The molecule has 0 aliphatic carbocycles. The van der Waals surface area contributed by atoms with Gasteiger partial charge >= 0.3 is 0 Å². The van der Waals surface area contributed by atoms with Crippen molar-refractivity contribution in [3.05, 3.63) is 66.4 Å². The van der Waals surface area contributed by atoms with E-state index in [0.29, 0.717) is 19.0 Å². The molecule has 1 aromatic heterocycles. The van der Waals surface area contributed by atoms with E-state index in [9.17, 15) is 4.79 Å². The minimum absolute atomic E-state index is 0.00355. The Hall–Kier alpha value is -3.15. The molecule has 1 saturated heterocycles. The summed E-state index contributed by atoms with van der Waals surface area (Å²) in [5, 5.41) is 8.56. The zero-order chi connectivity index (χ0) is 20.2. The number of hydrogen-bond acceptors (Lipinski definition) is 4. The summed E-state index contributed by atoms with van der Waals surface area (Å²) in [4.78, 5) is 14.4. The van der Waals surface area contributed by atoms with Gasteiger partial charge in [0.05, 0.1) is 12.2 Å². The van der Waals surface area contributed by atoms with Gasteiger partial charge in [-0.2, -0.15) is 0 Å². The van der Waals surface area contributed by atoms with Crippen molar-refractivity contribution >= 4 is 5.91 Å². The summed E-state index contributed by atoms with van der Waals surface area (Å²) in [6.45, 7) is 5.70. The topological polar surface area (TPSA) is 60.2 Å². The van der Waals surface area contributed by atoms with Crippen LogP contribution in [0.25, 0.3) is 11.3 Å². The van der Waals surface area contributed by atoms with Crippen molar-refractivity contribution in [3.8, 4) is 17.0 Å². The summed E-state index contributed by atoms with van der Waals surface area (Å²) < 4.78 is 7.57. The Labute approximate surface area is 171 Å². The summed E-state index contributed by atoms with van der Waals surface area (Å²) >= 11 is 0. The molecule has 0 N–H and O–H groups in total. The highest BCUT2D eigenvalue weighted by Crippen LogP contribution is 2.24. The first kappa shape index (κ1) is 19.2. The van der Waals surface area contributed by atoms with Crippen LogP contribution in [0.4, 0.5) is 0 Å². The van der Waals surface area contributed by atoms with Crippen LogP contribution >= 0.6 is 0 Å². The monoisotopic (exact) mass is 390 g/mol. The Kier molecular flexibility index (Phi) is 5.60. The maximum Gasteiger partial charge on any atom is 0.260 e. The molecule has 2 aromatic carbocycles. The van der Waals surface area contributed by atoms with Crippen LogP contribution < -0.4 is 4.74 Å². The van der Waals surface area contributed by atoms with E-state index in [1.54, 1.807) is 0 Å². The van der Waals surface area contributed by atoms with Gasteiger partial charge in [-0.25, -0.2) is 4.68 Å². The van der Waals surface area contributed by atoms with Crippen molar-refractivity contribution in [2.75, 3.05) is 19.7 Å². The fourth-order valence-corrected chi connectivity index (χ4v) is 3.57. The second-order valence-electron chi connectivity index (χ2n) is 7.74. The molecule has 3 aromatic rings. The summed E-state index contributed by atoms with van der Waals surface area (Å²) in [6.07, 6.45) is 2.83. The summed E-state index contributed by atoms with van der Waals surface area (Å²) in [7, 11) is 0. The maximum atomic E-state index is 12.6. The van der Waals surface area contributed by atoms with Gasteiger partial charge in [0.15, 0.2) is 6.61 Å². The van der Waals surface area contributed by atoms with Gasteiger partial charge < -0.3 is 9.64 Å². The van der Waals surface area contributed by atoms with E-state index < -0.39 is 0 Å². The van der Waals surface area contributed by atoms with Gasteiger partial charge in [0.2, 0.25) is 0 Å². The lowest BCUT2D eigenvalue weighted by Gasteiger charge is -2.17. The first-order valence-corrected chi connectivity index (χ1v) is 10.1. The Balaban J connectivity index is 1.31. The highest BCUT2D eigenvalue weighted by Gasteiger charge is 2.28. The van der Waals surface area contributed by atoms with Gasteiger partial charge in [0, 0.05) is 18.7 Å². The number of rotatable bonds is 6. The normalized spacial score (nSPS) is 16.4. The predicted molar refractivity (Wildman–Crippen MR) is 112 cm³/mol. The number of nitrogens with zero attached hydrogens (tertiary/aromatic N) is 4. The van der Waals surface area contributed by atoms with Crippen molar-refractivity contribution in [2.45, 2.75) is 32.2 Å². The van der Waals surface area contributed by atoms with E-state index >= 15 is 0 Å². The number of carbonyl (C=O) groups excluding carboxylic acids is 1. The van der Waals surface area contributed by atoms with E-state index in [4.69, 9.17) is 4.74 Å². The van der Waals surface area contributed by atoms with Gasteiger partial charge in [0.25, 0.3) is 5.91 Å². The van der Waals surface area contributed by atoms with Crippen molar-refractivity contribution in [3.63, 3.8) is 0 Å². The Morgan fingerprint density at radius 1 is 1.14 bits per heavy atom. The molecule has 1 fully saturated rings. The molecule has 2 heterocycles.